The highest BCUT2D eigenvalue weighted by molar-refractivity contribution is 6.08. The van der Waals surface area contributed by atoms with Crippen LogP contribution in [0.1, 0.15) is 46.0 Å². The fraction of sp³-hybridized carbons (Fsp3) is 0.276. The molecule has 2 aliphatic rings. The van der Waals surface area contributed by atoms with Gasteiger partial charge in [0.2, 0.25) is 5.91 Å². The monoisotopic (exact) mass is 503 g/mol. The molecule has 1 fully saturated rings. The Kier molecular flexibility index (Phi) is 6.50. The van der Waals surface area contributed by atoms with Gasteiger partial charge in [0.05, 0.1) is 11.0 Å². The summed E-state index contributed by atoms with van der Waals surface area (Å²) in [5.41, 5.74) is 1.62. The van der Waals surface area contributed by atoms with Crippen molar-refractivity contribution in [2.75, 3.05) is 29.9 Å². The van der Waals surface area contributed by atoms with Crippen LogP contribution in [-0.2, 0) is 11.2 Å². The third-order valence-corrected chi connectivity index (χ3v) is 7.42. The van der Waals surface area contributed by atoms with Gasteiger partial charge in [-0.15, -0.1) is 0 Å². The molecule has 3 amide bonds. The summed E-state index contributed by atoms with van der Waals surface area (Å²) in [6.45, 7) is 3.81. The Balaban J connectivity index is 1.36. The van der Waals surface area contributed by atoms with Crippen LogP contribution < -0.4 is 10.2 Å². The van der Waals surface area contributed by atoms with Crippen molar-refractivity contribution in [1.82, 2.24) is 4.90 Å². The highest BCUT2D eigenvalue weighted by Gasteiger charge is 2.48. The lowest BCUT2D eigenvalue weighted by Crippen LogP contribution is -2.38. The second-order valence-electron chi connectivity index (χ2n) is 9.58. The molecule has 0 bridgehead atoms. The third-order valence-electron chi connectivity index (χ3n) is 7.42. The Labute approximate surface area is 213 Å². The molecule has 0 aliphatic carbocycles. The van der Waals surface area contributed by atoms with Crippen LogP contribution in [-0.4, -0.2) is 42.3 Å². The average Bonchev–Trinajstić information content (AvgIpc) is 3.10. The van der Waals surface area contributed by atoms with Gasteiger partial charge in [0.15, 0.2) is 0 Å². The van der Waals surface area contributed by atoms with Crippen molar-refractivity contribution in [2.45, 2.75) is 26.2 Å². The summed E-state index contributed by atoms with van der Waals surface area (Å²) in [5, 5.41) is 2.53. The van der Waals surface area contributed by atoms with Gasteiger partial charge in [-0.25, -0.2) is 8.78 Å². The molecule has 3 aromatic rings. The molecule has 1 spiro atoms. The predicted molar refractivity (Wildman–Crippen MR) is 136 cm³/mol. The van der Waals surface area contributed by atoms with E-state index in [-0.39, 0.29) is 11.8 Å². The molecule has 190 valence electrons. The van der Waals surface area contributed by atoms with Gasteiger partial charge in [-0.05, 0) is 80.3 Å². The molecule has 3 aromatic carbocycles. The molecule has 2 heterocycles. The summed E-state index contributed by atoms with van der Waals surface area (Å²) in [6.07, 6.45) is 1.95. The second-order valence-corrected chi connectivity index (χ2v) is 9.58. The second kappa shape index (κ2) is 9.76. The van der Waals surface area contributed by atoms with Crippen LogP contribution in [0.25, 0.3) is 0 Å². The van der Waals surface area contributed by atoms with Gasteiger partial charge in [0.25, 0.3) is 11.8 Å². The summed E-state index contributed by atoms with van der Waals surface area (Å²) in [4.78, 5) is 42.9. The van der Waals surface area contributed by atoms with Crippen molar-refractivity contribution in [3.05, 3.63) is 95.1 Å². The number of rotatable bonds is 4. The Morgan fingerprint density at radius 2 is 1.70 bits per heavy atom. The summed E-state index contributed by atoms with van der Waals surface area (Å²) in [7, 11) is 0. The topological polar surface area (TPSA) is 69.7 Å². The number of nitrogens with one attached hydrogen (secondary N) is 1. The molecule has 8 heteroatoms. The lowest BCUT2D eigenvalue weighted by atomic mass is 9.78. The smallest absolute Gasteiger partial charge is 0.258 e. The van der Waals surface area contributed by atoms with E-state index in [1.165, 1.54) is 0 Å². The van der Waals surface area contributed by atoms with Crippen molar-refractivity contribution in [3.8, 4) is 0 Å². The number of nitrogens with zero attached hydrogens (tertiary/aromatic N) is 2. The highest BCUT2D eigenvalue weighted by atomic mass is 19.1. The fourth-order valence-electron chi connectivity index (χ4n) is 5.35. The number of hydrogen-bond donors (Lipinski definition) is 1. The largest absolute Gasteiger partial charge is 0.342 e. The molecule has 1 atom stereocenters. The number of benzene rings is 3. The molecule has 1 saturated heterocycles. The molecular weight excluding hydrogens is 476 g/mol. The number of halogens is 2. The summed E-state index contributed by atoms with van der Waals surface area (Å²) < 4.78 is 27.4. The number of carbonyl (C=O) groups excluding carboxylic acids is 3. The van der Waals surface area contributed by atoms with Crippen molar-refractivity contribution < 1.29 is 23.2 Å². The molecule has 6 nitrogen and oxygen atoms in total. The van der Waals surface area contributed by atoms with Crippen molar-refractivity contribution in [1.29, 1.82) is 0 Å². The van der Waals surface area contributed by atoms with Gasteiger partial charge in [-0.1, -0.05) is 18.2 Å². The van der Waals surface area contributed by atoms with Gasteiger partial charge in [-0.3, -0.25) is 14.4 Å². The number of hydrogen-bond acceptors (Lipinski definition) is 3. The molecule has 1 N–H and O–H groups in total. The zero-order valence-corrected chi connectivity index (χ0v) is 20.5. The van der Waals surface area contributed by atoms with Gasteiger partial charge in [0, 0.05) is 36.6 Å². The van der Waals surface area contributed by atoms with E-state index in [9.17, 15) is 23.2 Å². The van der Waals surface area contributed by atoms with E-state index in [0.29, 0.717) is 37.2 Å². The first-order valence-electron chi connectivity index (χ1n) is 12.4. The number of likely N-dealkylation sites (tertiary alicyclic amines) is 1. The fourth-order valence-corrected chi connectivity index (χ4v) is 5.35. The summed E-state index contributed by atoms with van der Waals surface area (Å²) in [6, 6.07) is 16.6. The Morgan fingerprint density at radius 3 is 2.43 bits per heavy atom. The van der Waals surface area contributed by atoms with Crippen LogP contribution in [0.4, 0.5) is 20.2 Å². The zero-order valence-electron chi connectivity index (χ0n) is 20.5. The van der Waals surface area contributed by atoms with E-state index in [1.54, 1.807) is 29.2 Å². The molecule has 0 aromatic heterocycles. The average molecular weight is 504 g/mol. The van der Waals surface area contributed by atoms with Crippen LogP contribution in [0.2, 0.25) is 0 Å². The Hall–Kier alpha value is -4.07. The summed E-state index contributed by atoms with van der Waals surface area (Å²) >= 11 is 0. The Bertz CT molecular complexity index is 1380. The van der Waals surface area contributed by atoms with Crippen molar-refractivity contribution >= 4 is 29.1 Å². The molecular formula is C29H27F2N3O3. The molecule has 37 heavy (non-hydrogen) atoms. The summed E-state index contributed by atoms with van der Waals surface area (Å²) in [5.74, 6) is -2.38. The maximum Gasteiger partial charge on any atom is 0.258 e. The first-order chi connectivity index (χ1) is 17.8. The van der Waals surface area contributed by atoms with Crippen LogP contribution in [0.3, 0.4) is 0 Å². The lowest BCUT2D eigenvalue weighted by Gasteiger charge is -2.26. The number of fused-ring (bicyclic) bond motifs is 1. The van der Waals surface area contributed by atoms with Crippen LogP contribution >= 0.6 is 0 Å². The predicted octanol–water partition coefficient (Wildman–Crippen LogP) is 5.05. The number of amides is 3. The highest BCUT2D eigenvalue weighted by Crippen LogP contribution is 2.43. The lowest BCUT2D eigenvalue weighted by molar-refractivity contribution is -0.136. The number of anilines is 2. The van der Waals surface area contributed by atoms with E-state index in [2.05, 4.69) is 5.32 Å². The van der Waals surface area contributed by atoms with E-state index in [1.807, 2.05) is 36.1 Å². The standard InChI is InChI=1S/C29H27F2N3O3/c1-2-33-15-13-29(28(33)37)14-16-34(25-6-4-3-5-20(25)18-29)27(36)19-7-10-22(11-8-19)32-26(35)23-17-21(30)9-12-24(23)31/h3-12,17H,2,13-16,18H2,1H3,(H,32,35). The van der Waals surface area contributed by atoms with Gasteiger partial charge in [-0.2, -0.15) is 0 Å². The van der Waals surface area contributed by atoms with E-state index >= 15 is 0 Å². The quantitative estimate of drug-likeness (QED) is 0.542. The normalized spacial score (nSPS) is 19.1. The van der Waals surface area contributed by atoms with E-state index in [0.717, 1.165) is 42.4 Å². The van der Waals surface area contributed by atoms with Crippen LogP contribution in [0.5, 0.6) is 0 Å². The van der Waals surface area contributed by atoms with E-state index < -0.39 is 28.5 Å². The molecule has 0 saturated carbocycles. The van der Waals surface area contributed by atoms with E-state index in [4.69, 9.17) is 0 Å². The SMILES string of the molecule is CCN1CCC2(CCN(C(=O)c3ccc(NC(=O)c4cc(F)ccc4F)cc3)c3ccccc3C2)C1=O. The zero-order chi connectivity index (χ0) is 26.2. The number of carbonyl (C=O) groups is 3. The minimum Gasteiger partial charge on any atom is -0.342 e. The molecule has 0 radical (unpaired) electrons. The maximum atomic E-state index is 13.9. The minimum absolute atomic E-state index is 0.161. The van der Waals surface area contributed by atoms with Gasteiger partial charge >= 0.3 is 0 Å². The molecule has 2 aliphatic heterocycles. The Morgan fingerprint density at radius 1 is 0.973 bits per heavy atom. The van der Waals surface area contributed by atoms with Gasteiger partial charge in [0.1, 0.15) is 11.6 Å². The molecule has 1 unspecified atom stereocenters. The third kappa shape index (κ3) is 4.59. The first kappa shape index (κ1) is 24.6. The molecule has 5 rings (SSSR count). The van der Waals surface area contributed by atoms with Crippen molar-refractivity contribution in [3.63, 3.8) is 0 Å². The maximum absolute atomic E-state index is 13.9. The number of para-hydroxylation sites is 1. The van der Waals surface area contributed by atoms with Crippen molar-refractivity contribution in [2.24, 2.45) is 5.41 Å². The van der Waals surface area contributed by atoms with Gasteiger partial charge < -0.3 is 15.1 Å². The van der Waals surface area contributed by atoms with Crippen LogP contribution in [0.15, 0.2) is 66.7 Å². The first-order valence-corrected chi connectivity index (χ1v) is 12.4. The van der Waals surface area contributed by atoms with Crippen LogP contribution in [0, 0.1) is 17.0 Å². The minimum atomic E-state index is -0.828.